The fraction of sp³-hybridized carbons (Fsp3) is 0.538. The number of thiocarbonyl (C=S) groups is 1. The van der Waals surface area contributed by atoms with Gasteiger partial charge in [-0.05, 0) is 31.6 Å². The highest BCUT2D eigenvalue weighted by atomic mass is 32.1. The van der Waals surface area contributed by atoms with Crippen LogP contribution in [0.3, 0.4) is 0 Å². The molecule has 0 atom stereocenters. The van der Waals surface area contributed by atoms with Crippen LogP contribution in [-0.2, 0) is 0 Å². The summed E-state index contributed by atoms with van der Waals surface area (Å²) in [6.07, 6.45) is 1.74. The molecule has 0 aromatic carbocycles. The molecule has 0 aliphatic carbocycles. The Labute approximate surface area is 115 Å². The summed E-state index contributed by atoms with van der Waals surface area (Å²) in [6.45, 7) is 6.24. The first-order chi connectivity index (χ1) is 8.32. The van der Waals surface area contributed by atoms with Gasteiger partial charge >= 0.3 is 0 Å². The summed E-state index contributed by atoms with van der Waals surface area (Å²) in [5, 5.41) is 3.33. The van der Waals surface area contributed by atoms with Gasteiger partial charge in [-0.1, -0.05) is 26.1 Å². The molecule has 0 aliphatic rings. The molecule has 1 aromatic rings. The van der Waals surface area contributed by atoms with Gasteiger partial charge in [0.05, 0.1) is 5.56 Å². The Hall–Kier alpha value is -1.20. The molecule has 5 heteroatoms. The van der Waals surface area contributed by atoms with E-state index in [4.69, 9.17) is 18.0 Å². The molecule has 1 heterocycles. The van der Waals surface area contributed by atoms with Crippen molar-refractivity contribution in [1.29, 1.82) is 0 Å². The lowest BCUT2D eigenvalue weighted by atomic mass is 9.93. The summed E-state index contributed by atoms with van der Waals surface area (Å²) >= 11 is 5.02. The van der Waals surface area contributed by atoms with Gasteiger partial charge in [-0.2, -0.15) is 0 Å². The van der Waals surface area contributed by atoms with Crippen LogP contribution in [0.5, 0.6) is 0 Å². The van der Waals surface area contributed by atoms with E-state index in [-0.39, 0.29) is 5.41 Å². The van der Waals surface area contributed by atoms with E-state index in [1.54, 1.807) is 6.20 Å². The highest BCUT2D eigenvalue weighted by molar-refractivity contribution is 7.80. The molecule has 0 saturated carbocycles. The largest absolute Gasteiger partial charge is 0.389 e. The summed E-state index contributed by atoms with van der Waals surface area (Å²) in [7, 11) is 4.14. The van der Waals surface area contributed by atoms with Crippen molar-refractivity contribution < 1.29 is 0 Å². The number of anilines is 1. The van der Waals surface area contributed by atoms with Crippen LogP contribution >= 0.6 is 12.2 Å². The van der Waals surface area contributed by atoms with E-state index in [0.29, 0.717) is 4.99 Å². The van der Waals surface area contributed by atoms with Crippen molar-refractivity contribution in [3.63, 3.8) is 0 Å². The number of nitrogens with two attached hydrogens (primary N) is 1. The van der Waals surface area contributed by atoms with Crippen LogP contribution < -0.4 is 11.1 Å². The Balaban J connectivity index is 2.71. The Morgan fingerprint density at radius 1 is 1.50 bits per heavy atom. The zero-order chi connectivity index (χ0) is 13.8. The van der Waals surface area contributed by atoms with Gasteiger partial charge in [0.2, 0.25) is 0 Å². The van der Waals surface area contributed by atoms with Crippen molar-refractivity contribution in [1.82, 2.24) is 9.88 Å². The number of rotatable bonds is 6. The van der Waals surface area contributed by atoms with Crippen molar-refractivity contribution >= 4 is 23.0 Å². The molecule has 0 spiro atoms. The van der Waals surface area contributed by atoms with E-state index in [9.17, 15) is 0 Å². The molecule has 0 bridgehead atoms. The maximum absolute atomic E-state index is 5.68. The fourth-order valence-corrected chi connectivity index (χ4v) is 2.14. The minimum atomic E-state index is 0.147. The van der Waals surface area contributed by atoms with Crippen LogP contribution in [0.15, 0.2) is 18.3 Å². The van der Waals surface area contributed by atoms with Crippen LogP contribution in [0.2, 0.25) is 0 Å². The van der Waals surface area contributed by atoms with Crippen molar-refractivity contribution in [2.75, 3.05) is 32.5 Å². The number of nitrogens with one attached hydrogen (secondary N) is 1. The number of hydrogen-bond donors (Lipinski definition) is 2. The molecule has 0 aliphatic heterocycles. The summed E-state index contributed by atoms with van der Waals surface area (Å²) in [6, 6.07) is 3.72. The molecule has 1 rings (SSSR count). The van der Waals surface area contributed by atoms with E-state index in [1.807, 2.05) is 12.1 Å². The maximum Gasteiger partial charge on any atom is 0.136 e. The van der Waals surface area contributed by atoms with Crippen LogP contribution in [0.1, 0.15) is 19.4 Å². The maximum atomic E-state index is 5.68. The van der Waals surface area contributed by atoms with E-state index in [0.717, 1.165) is 24.5 Å². The summed E-state index contributed by atoms with van der Waals surface area (Å²) in [5.41, 5.74) is 6.62. The zero-order valence-corrected chi connectivity index (χ0v) is 12.3. The van der Waals surface area contributed by atoms with Gasteiger partial charge < -0.3 is 16.0 Å². The predicted octanol–water partition coefficient (Wildman–Crippen LogP) is 1.72. The second-order valence-electron chi connectivity index (χ2n) is 5.52. The zero-order valence-electron chi connectivity index (χ0n) is 11.5. The van der Waals surface area contributed by atoms with E-state index >= 15 is 0 Å². The van der Waals surface area contributed by atoms with Crippen molar-refractivity contribution in [3.8, 4) is 0 Å². The highest BCUT2D eigenvalue weighted by Crippen LogP contribution is 2.18. The summed E-state index contributed by atoms with van der Waals surface area (Å²) in [5.74, 6) is 0.761. The first kappa shape index (κ1) is 14.9. The predicted molar refractivity (Wildman–Crippen MR) is 80.9 cm³/mol. The Kier molecular flexibility index (Phi) is 5.04. The highest BCUT2D eigenvalue weighted by Gasteiger charge is 2.19. The lowest BCUT2D eigenvalue weighted by Crippen LogP contribution is -2.34. The Morgan fingerprint density at radius 3 is 2.72 bits per heavy atom. The molecule has 0 amide bonds. The number of aromatic nitrogens is 1. The van der Waals surface area contributed by atoms with E-state index in [1.165, 1.54) is 0 Å². The average molecular weight is 266 g/mol. The van der Waals surface area contributed by atoms with Crippen LogP contribution in [0.25, 0.3) is 0 Å². The molecular formula is C13H22N4S. The van der Waals surface area contributed by atoms with Crippen molar-refractivity contribution in [2.24, 2.45) is 11.1 Å². The van der Waals surface area contributed by atoms with E-state index < -0.39 is 0 Å². The molecule has 0 radical (unpaired) electrons. The van der Waals surface area contributed by atoms with Crippen LogP contribution in [-0.4, -0.2) is 42.1 Å². The third-order valence-electron chi connectivity index (χ3n) is 2.55. The lowest BCUT2D eigenvalue weighted by molar-refractivity contribution is 0.254. The third kappa shape index (κ3) is 4.58. The minimum Gasteiger partial charge on any atom is -0.389 e. The molecule has 0 saturated heterocycles. The van der Waals surface area contributed by atoms with Gasteiger partial charge in [0.1, 0.15) is 10.8 Å². The standard InChI is InChI=1S/C13H22N4S/c1-13(2,9-17(3)4)8-16-12-10(11(14)18)6-5-7-15-12/h5-7H,8-9H2,1-4H3,(H2,14,18)(H,15,16). The molecule has 1 aromatic heterocycles. The van der Waals surface area contributed by atoms with Gasteiger partial charge in [0, 0.05) is 19.3 Å². The molecule has 3 N–H and O–H groups in total. The van der Waals surface area contributed by atoms with Crippen molar-refractivity contribution in [3.05, 3.63) is 23.9 Å². The fourth-order valence-electron chi connectivity index (χ4n) is 1.98. The Bertz CT molecular complexity index is 415. The molecule has 0 unspecified atom stereocenters. The van der Waals surface area contributed by atoms with Gasteiger partial charge in [0.15, 0.2) is 0 Å². The second kappa shape index (κ2) is 6.11. The number of nitrogens with zero attached hydrogens (tertiary/aromatic N) is 2. The summed E-state index contributed by atoms with van der Waals surface area (Å²) < 4.78 is 0. The quantitative estimate of drug-likeness (QED) is 0.768. The summed E-state index contributed by atoms with van der Waals surface area (Å²) in [4.78, 5) is 6.84. The van der Waals surface area contributed by atoms with Gasteiger partial charge in [0.25, 0.3) is 0 Å². The smallest absolute Gasteiger partial charge is 0.136 e. The first-order valence-corrected chi connectivity index (χ1v) is 6.36. The van der Waals surface area contributed by atoms with Crippen molar-refractivity contribution in [2.45, 2.75) is 13.8 Å². The average Bonchev–Trinajstić information content (AvgIpc) is 2.25. The second-order valence-corrected chi connectivity index (χ2v) is 5.96. The molecule has 0 fully saturated rings. The molecule has 100 valence electrons. The minimum absolute atomic E-state index is 0.147. The topological polar surface area (TPSA) is 54.2 Å². The van der Waals surface area contributed by atoms with Gasteiger partial charge in [-0.25, -0.2) is 4.98 Å². The molecule has 4 nitrogen and oxygen atoms in total. The SMILES string of the molecule is CN(C)CC(C)(C)CNc1ncccc1C(N)=S. The van der Waals surface area contributed by atoms with Crippen LogP contribution in [0.4, 0.5) is 5.82 Å². The van der Waals surface area contributed by atoms with E-state index in [2.05, 4.69) is 43.1 Å². The van der Waals surface area contributed by atoms with Gasteiger partial charge in [-0.15, -0.1) is 0 Å². The van der Waals surface area contributed by atoms with Crippen LogP contribution in [0, 0.1) is 5.41 Å². The first-order valence-electron chi connectivity index (χ1n) is 5.95. The third-order valence-corrected chi connectivity index (χ3v) is 2.77. The monoisotopic (exact) mass is 266 g/mol. The molecule has 18 heavy (non-hydrogen) atoms. The normalized spacial score (nSPS) is 11.6. The molecular weight excluding hydrogens is 244 g/mol. The van der Waals surface area contributed by atoms with Gasteiger partial charge in [-0.3, -0.25) is 0 Å². The Morgan fingerprint density at radius 2 is 2.17 bits per heavy atom. The number of hydrogen-bond acceptors (Lipinski definition) is 4. The number of pyridine rings is 1. The lowest BCUT2D eigenvalue weighted by Gasteiger charge is -2.29.